The van der Waals surface area contributed by atoms with Crippen LogP contribution in [0.25, 0.3) is 0 Å². The number of hydrogen-bond donors (Lipinski definition) is 0. The average Bonchev–Trinajstić information content (AvgIpc) is 2.31. The summed E-state index contributed by atoms with van der Waals surface area (Å²) in [4.78, 5) is 4.10. The van der Waals surface area contributed by atoms with Gasteiger partial charge in [0.2, 0.25) is 0 Å². The minimum atomic E-state index is 0.553. The molecule has 1 aromatic heterocycles. The molecular formula is C7H10BrNOS. The van der Waals surface area contributed by atoms with Crippen molar-refractivity contribution in [1.29, 1.82) is 0 Å². The summed E-state index contributed by atoms with van der Waals surface area (Å²) in [7, 11) is 0. The van der Waals surface area contributed by atoms with Crippen LogP contribution in [0.2, 0.25) is 0 Å². The van der Waals surface area contributed by atoms with Crippen molar-refractivity contribution in [2.45, 2.75) is 13.8 Å². The molecular weight excluding hydrogens is 226 g/mol. The first kappa shape index (κ1) is 9.00. The molecule has 2 nitrogen and oxygen atoms in total. The number of nitrogens with zero attached hydrogens (tertiary/aromatic N) is 1. The first-order valence-corrected chi connectivity index (χ1v) is 5.09. The van der Waals surface area contributed by atoms with Crippen molar-refractivity contribution in [2.24, 2.45) is 5.92 Å². The first-order valence-electron chi connectivity index (χ1n) is 3.42. The molecule has 0 spiro atoms. The highest BCUT2D eigenvalue weighted by atomic mass is 79.9. The van der Waals surface area contributed by atoms with Crippen LogP contribution >= 0.6 is 27.3 Å². The van der Waals surface area contributed by atoms with Crippen molar-refractivity contribution in [3.63, 3.8) is 0 Å². The molecule has 1 aromatic rings. The Labute approximate surface area is 78.7 Å². The van der Waals surface area contributed by atoms with Gasteiger partial charge in [0.25, 0.3) is 5.19 Å². The van der Waals surface area contributed by atoms with Crippen LogP contribution < -0.4 is 4.74 Å². The zero-order valence-corrected chi connectivity index (χ0v) is 8.91. The summed E-state index contributed by atoms with van der Waals surface area (Å²) in [5, 5.41) is 2.65. The maximum absolute atomic E-state index is 5.37. The van der Waals surface area contributed by atoms with Crippen molar-refractivity contribution < 1.29 is 4.74 Å². The minimum absolute atomic E-state index is 0.553. The van der Waals surface area contributed by atoms with E-state index in [2.05, 4.69) is 34.8 Å². The Morgan fingerprint density at radius 3 is 2.91 bits per heavy atom. The Balaban J connectivity index is 2.39. The summed E-state index contributed by atoms with van der Waals surface area (Å²) in [6.45, 7) is 4.96. The van der Waals surface area contributed by atoms with Gasteiger partial charge in [-0.2, -0.15) is 4.98 Å². The van der Waals surface area contributed by atoms with Crippen LogP contribution in [0.4, 0.5) is 0 Å². The second kappa shape index (κ2) is 4.07. The second-order valence-corrected chi connectivity index (χ2v) is 4.27. The van der Waals surface area contributed by atoms with Gasteiger partial charge in [-0.3, -0.25) is 0 Å². The van der Waals surface area contributed by atoms with E-state index in [1.165, 1.54) is 11.3 Å². The molecule has 1 rings (SSSR count). The molecule has 62 valence electrons. The SMILES string of the molecule is CC(C)COc1nc(Br)cs1. The van der Waals surface area contributed by atoms with Crippen LogP contribution in [0.1, 0.15) is 13.8 Å². The zero-order valence-electron chi connectivity index (χ0n) is 6.50. The Kier molecular flexibility index (Phi) is 3.33. The van der Waals surface area contributed by atoms with Crippen LogP contribution in [-0.2, 0) is 0 Å². The molecule has 0 atom stereocenters. The maximum Gasteiger partial charge on any atom is 0.274 e. The van der Waals surface area contributed by atoms with E-state index < -0.39 is 0 Å². The summed E-state index contributed by atoms with van der Waals surface area (Å²) in [5.41, 5.74) is 0. The lowest BCUT2D eigenvalue weighted by Gasteiger charge is -2.03. The van der Waals surface area contributed by atoms with E-state index in [1.54, 1.807) is 0 Å². The molecule has 0 aliphatic rings. The van der Waals surface area contributed by atoms with Gasteiger partial charge in [0.05, 0.1) is 6.61 Å². The van der Waals surface area contributed by atoms with E-state index in [4.69, 9.17) is 4.74 Å². The Bertz CT molecular complexity index is 224. The molecule has 4 heteroatoms. The standard InChI is InChI=1S/C7H10BrNOS/c1-5(2)3-10-7-9-6(8)4-11-7/h4-5H,3H2,1-2H3. The second-order valence-electron chi connectivity index (χ2n) is 2.64. The van der Waals surface area contributed by atoms with Crippen molar-refractivity contribution in [2.75, 3.05) is 6.61 Å². The van der Waals surface area contributed by atoms with E-state index >= 15 is 0 Å². The van der Waals surface area contributed by atoms with Gasteiger partial charge in [-0.05, 0) is 21.8 Å². The summed E-state index contributed by atoms with van der Waals surface area (Å²) in [6, 6.07) is 0. The summed E-state index contributed by atoms with van der Waals surface area (Å²) in [6.07, 6.45) is 0. The molecule has 0 saturated heterocycles. The molecule has 11 heavy (non-hydrogen) atoms. The zero-order chi connectivity index (χ0) is 8.27. The highest BCUT2D eigenvalue weighted by Gasteiger charge is 2.00. The van der Waals surface area contributed by atoms with Crippen LogP contribution in [0.15, 0.2) is 9.98 Å². The summed E-state index contributed by atoms with van der Waals surface area (Å²) < 4.78 is 6.21. The minimum Gasteiger partial charge on any atom is -0.470 e. The highest BCUT2D eigenvalue weighted by Crippen LogP contribution is 2.21. The molecule has 0 saturated carbocycles. The van der Waals surface area contributed by atoms with Crippen molar-refractivity contribution in [1.82, 2.24) is 4.98 Å². The van der Waals surface area contributed by atoms with Gasteiger partial charge in [0, 0.05) is 5.38 Å². The van der Waals surface area contributed by atoms with Gasteiger partial charge in [-0.15, -0.1) is 0 Å². The fraction of sp³-hybridized carbons (Fsp3) is 0.571. The smallest absolute Gasteiger partial charge is 0.274 e. The molecule has 0 aromatic carbocycles. The van der Waals surface area contributed by atoms with E-state index in [9.17, 15) is 0 Å². The molecule has 0 N–H and O–H groups in total. The molecule has 0 amide bonds. The lowest BCUT2D eigenvalue weighted by Crippen LogP contribution is -2.03. The van der Waals surface area contributed by atoms with Crippen molar-refractivity contribution in [3.05, 3.63) is 9.98 Å². The fourth-order valence-corrected chi connectivity index (χ4v) is 1.64. The average molecular weight is 236 g/mol. The largest absolute Gasteiger partial charge is 0.470 e. The third-order valence-corrected chi connectivity index (χ3v) is 2.46. The van der Waals surface area contributed by atoms with Crippen LogP contribution in [0, 0.1) is 5.92 Å². The molecule has 0 fully saturated rings. The lowest BCUT2D eigenvalue weighted by atomic mass is 10.2. The van der Waals surface area contributed by atoms with E-state index in [1.807, 2.05) is 5.38 Å². The van der Waals surface area contributed by atoms with Gasteiger partial charge in [0.1, 0.15) is 4.60 Å². The normalized spacial score (nSPS) is 10.5. The molecule has 0 aliphatic carbocycles. The molecule has 1 heterocycles. The Morgan fingerprint density at radius 2 is 2.45 bits per heavy atom. The van der Waals surface area contributed by atoms with Crippen molar-refractivity contribution in [3.8, 4) is 5.19 Å². The third-order valence-electron chi connectivity index (χ3n) is 0.995. The predicted octanol–water partition coefficient (Wildman–Crippen LogP) is 2.94. The van der Waals surface area contributed by atoms with Gasteiger partial charge in [-0.25, -0.2) is 0 Å². The number of ether oxygens (including phenoxy) is 1. The summed E-state index contributed by atoms with van der Waals surface area (Å²) >= 11 is 4.77. The number of hydrogen-bond acceptors (Lipinski definition) is 3. The van der Waals surface area contributed by atoms with Crippen LogP contribution in [-0.4, -0.2) is 11.6 Å². The lowest BCUT2D eigenvalue weighted by molar-refractivity contribution is 0.269. The topological polar surface area (TPSA) is 22.1 Å². The number of aromatic nitrogens is 1. The first-order chi connectivity index (χ1) is 5.18. The molecule has 0 bridgehead atoms. The number of rotatable bonds is 3. The molecule has 0 radical (unpaired) electrons. The van der Waals surface area contributed by atoms with Crippen LogP contribution in [0.5, 0.6) is 5.19 Å². The quantitative estimate of drug-likeness (QED) is 0.804. The van der Waals surface area contributed by atoms with E-state index in [-0.39, 0.29) is 0 Å². The van der Waals surface area contributed by atoms with Gasteiger partial charge in [0.15, 0.2) is 0 Å². The van der Waals surface area contributed by atoms with E-state index in [0.29, 0.717) is 5.92 Å². The molecule has 0 unspecified atom stereocenters. The van der Waals surface area contributed by atoms with Gasteiger partial charge in [-0.1, -0.05) is 25.2 Å². The maximum atomic E-state index is 5.37. The Morgan fingerprint density at radius 1 is 1.73 bits per heavy atom. The third kappa shape index (κ3) is 3.20. The van der Waals surface area contributed by atoms with E-state index in [0.717, 1.165) is 16.4 Å². The van der Waals surface area contributed by atoms with Crippen molar-refractivity contribution >= 4 is 27.3 Å². The molecule has 0 aliphatic heterocycles. The predicted molar refractivity (Wildman–Crippen MR) is 50.1 cm³/mol. The van der Waals surface area contributed by atoms with Crippen LogP contribution in [0.3, 0.4) is 0 Å². The fourth-order valence-electron chi connectivity index (χ4n) is 0.543. The van der Waals surface area contributed by atoms with Gasteiger partial charge >= 0.3 is 0 Å². The highest BCUT2D eigenvalue weighted by molar-refractivity contribution is 9.10. The number of halogens is 1. The van der Waals surface area contributed by atoms with Gasteiger partial charge < -0.3 is 4.74 Å². The monoisotopic (exact) mass is 235 g/mol. The summed E-state index contributed by atoms with van der Waals surface area (Å²) in [5.74, 6) is 0.553. The Hall–Kier alpha value is -0.0900. The number of thiazole rings is 1.